The molecule has 0 spiro atoms. The van der Waals surface area contributed by atoms with Gasteiger partial charge in [0.25, 0.3) is 0 Å². The second-order valence-electron chi connectivity index (χ2n) is 5.19. The van der Waals surface area contributed by atoms with E-state index in [2.05, 4.69) is 60.8 Å². The number of hydrogen-bond acceptors (Lipinski definition) is 2. The van der Waals surface area contributed by atoms with Gasteiger partial charge in [-0.1, -0.05) is 44.2 Å². The molecule has 0 saturated heterocycles. The second kappa shape index (κ2) is 6.37. The summed E-state index contributed by atoms with van der Waals surface area (Å²) < 4.78 is 2.74. The summed E-state index contributed by atoms with van der Waals surface area (Å²) in [5.74, 6) is 0. The molecule has 0 saturated carbocycles. The molecule has 2 heteroatoms. The van der Waals surface area contributed by atoms with E-state index in [0.717, 1.165) is 0 Å². The lowest BCUT2D eigenvalue weighted by Crippen LogP contribution is -2.15. The number of fused-ring (bicyclic) bond motifs is 3. The Balaban J connectivity index is 0.000000693. The van der Waals surface area contributed by atoms with Gasteiger partial charge in [0.1, 0.15) is 0 Å². The number of thiophene rings is 1. The molecule has 22 heavy (non-hydrogen) atoms. The maximum atomic E-state index is 3.42. The molecule has 1 aliphatic rings. The van der Waals surface area contributed by atoms with Crippen LogP contribution < -0.4 is 5.32 Å². The summed E-state index contributed by atoms with van der Waals surface area (Å²) in [6, 6.07) is 13.6. The first kappa shape index (κ1) is 14.9. The van der Waals surface area contributed by atoms with Crippen LogP contribution in [-0.4, -0.2) is 0 Å². The highest BCUT2D eigenvalue weighted by molar-refractivity contribution is 7.25. The maximum absolute atomic E-state index is 3.42. The molecule has 0 bridgehead atoms. The summed E-state index contributed by atoms with van der Waals surface area (Å²) in [7, 11) is 0. The lowest BCUT2D eigenvalue weighted by atomic mass is 9.97. The van der Waals surface area contributed by atoms with Crippen LogP contribution in [0.4, 0.5) is 0 Å². The molecule has 0 fully saturated rings. The zero-order valence-corrected chi connectivity index (χ0v) is 14.1. The summed E-state index contributed by atoms with van der Waals surface area (Å²) in [6.45, 7) is 6.20. The zero-order chi connectivity index (χ0) is 15.5. The Kier molecular flexibility index (Phi) is 4.30. The number of benzene rings is 2. The Morgan fingerprint density at radius 1 is 0.955 bits per heavy atom. The van der Waals surface area contributed by atoms with Crippen molar-refractivity contribution in [1.29, 1.82) is 0 Å². The molecular weight excluding hydrogens is 286 g/mol. The van der Waals surface area contributed by atoms with E-state index in [-0.39, 0.29) is 6.04 Å². The van der Waals surface area contributed by atoms with Gasteiger partial charge < -0.3 is 5.32 Å². The molecule has 1 nitrogen and oxygen atoms in total. The Labute approximate surface area is 136 Å². The molecular formula is C20H21NS. The van der Waals surface area contributed by atoms with E-state index < -0.39 is 0 Å². The SMILES string of the molecule is CC.Cc1cc2sc3ccccc3c2cc1C1C=CC=CN1. The van der Waals surface area contributed by atoms with Gasteiger partial charge in [0.05, 0.1) is 6.04 Å². The lowest BCUT2D eigenvalue weighted by Gasteiger charge is -2.18. The number of allylic oxidation sites excluding steroid dienone is 2. The third-order valence-electron chi connectivity index (χ3n) is 3.89. The molecule has 1 N–H and O–H groups in total. The van der Waals surface area contributed by atoms with Crippen molar-refractivity contribution in [3.63, 3.8) is 0 Å². The second-order valence-corrected chi connectivity index (χ2v) is 6.28. The van der Waals surface area contributed by atoms with Crippen LogP contribution in [0, 0.1) is 6.92 Å². The smallest absolute Gasteiger partial charge is 0.0698 e. The van der Waals surface area contributed by atoms with Gasteiger partial charge in [-0.15, -0.1) is 11.3 Å². The third kappa shape index (κ3) is 2.55. The molecule has 1 atom stereocenters. The summed E-state index contributed by atoms with van der Waals surface area (Å²) in [5.41, 5.74) is 2.71. The van der Waals surface area contributed by atoms with E-state index in [9.17, 15) is 0 Å². The molecule has 0 radical (unpaired) electrons. The van der Waals surface area contributed by atoms with Crippen molar-refractivity contribution in [1.82, 2.24) is 5.32 Å². The number of rotatable bonds is 1. The minimum absolute atomic E-state index is 0.281. The molecule has 1 aliphatic heterocycles. The first-order valence-electron chi connectivity index (χ1n) is 7.84. The quantitative estimate of drug-likeness (QED) is 0.572. The minimum atomic E-state index is 0.281. The Morgan fingerprint density at radius 3 is 2.55 bits per heavy atom. The molecule has 0 amide bonds. The van der Waals surface area contributed by atoms with Crippen LogP contribution in [0.25, 0.3) is 20.2 Å². The van der Waals surface area contributed by atoms with Crippen LogP contribution in [0.1, 0.15) is 31.0 Å². The topological polar surface area (TPSA) is 12.0 Å². The molecule has 4 rings (SSSR count). The van der Waals surface area contributed by atoms with E-state index in [1.807, 2.05) is 37.5 Å². The molecule has 1 aromatic heterocycles. The monoisotopic (exact) mass is 307 g/mol. The Bertz CT molecular complexity index is 855. The standard InChI is InChI=1S/C18H15NS.C2H6/c1-12-10-18-15(13-6-2-3-8-17(13)20-18)11-14(12)16-7-4-5-9-19-16;1-2/h2-11,16,19H,1H3;1-2H3. The van der Waals surface area contributed by atoms with Crippen LogP contribution >= 0.6 is 11.3 Å². The fraction of sp³-hybridized carbons (Fsp3) is 0.200. The maximum Gasteiger partial charge on any atom is 0.0698 e. The molecule has 3 aromatic rings. The van der Waals surface area contributed by atoms with Gasteiger partial charge in [-0.3, -0.25) is 0 Å². The Hall–Kier alpha value is -2.06. The predicted molar refractivity (Wildman–Crippen MR) is 99.6 cm³/mol. The summed E-state index contributed by atoms with van der Waals surface area (Å²) in [6.07, 6.45) is 8.36. The summed E-state index contributed by atoms with van der Waals surface area (Å²) in [5, 5.41) is 6.15. The lowest BCUT2D eigenvalue weighted by molar-refractivity contribution is 0.742. The first-order chi connectivity index (χ1) is 10.8. The van der Waals surface area contributed by atoms with Crippen molar-refractivity contribution < 1.29 is 0 Å². The first-order valence-corrected chi connectivity index (χ1v) is 8.66. The van der Waals surface area contributed by atoms with Crippen LogP contribution in [0.15, 0.2) is 60.8 Å². The van der Waals surface area contributed by atoms with Crippen molar-refractivity contribution in [3.8, 4) is 0 Å². The minimum Gasteiger partial charge on any atom is -0.381 e. The number of nitrogens with one attached hydrogen (secondary N) is 1. The van der Waals surface area contributed by atoms with Crippen LogP contribution in [0.5, 0.6) is 0 Å². The van der Waals surface area contributed by atoms with Gasteiger partial charge in [-0.05, 0) is 48.5 Å². The van der Waals surface area contributed by atoms with Gasteiger partial charge in [0.15, 0.2) is 0 Å². The van der Waals surface area contributed by atoms with Crippen molar-refractivity contribution in [2.75, 3.05) is 0 Å². The van der Waals surface area contributed by atoms with Crippen molar-refractivity contribution >= 4 is 31.5 Å². The van der Waals surface area contributed by atoms with Crippen LogP contribution in [0.2, 0.25) is 0 Å². The van der Waals surface area contributed by atoms with Crippen molar-refractivity contribution in [3.05, 3.63) is 72.0 Å². The fourth-order valence-corrected chi connectivity index (χ4v) is 4.05. The van der Waals surface area contributed by atoms with Crippen molar-refractivity contribution in [2.45, 2.75) is 26.8 Å². The molecule has 0 aliphatic carbocycles. The molecule has 112 valence electrons. The summed E-state index contributed by atoms with van der Waals surface area (Å²) >= 11 is 1.88. The highest BCUT2D eigenvalue weighted by Gasteiger charge is 2.13. The van der Waals surface area contributed by atoms with E-state index in [0.29, 0.717) is 0 Å². The van der Waals surface area contributed by atoms with Gasteiger partial charge >= 0.3 is 0 Å². The van der Waals surface area contributed by atoms with Crippen LogP contribution in [0.3, 0.4) is 0 Å². The molecule has 2 aromatic carbocycles. The predicted octanol–water partition coefficient (Wildman–Crippen LogP) is 6.10. The van der Waals surface area contributed by atoms with Gasteiger partial charge in [0, 0.05) is 20.2 Å². The van der Waals surface area contributed by atoms with Gasteiger partial charge in [0.2, 0.25) is 0 Å². The normalized spacial score (nSPS) is 16.4. The third-order valence-corrected chi connectivity index (χ3v) is 5.02. The van der Waals surface area contributed by atoms with Crippen molar-refractivity contribution in [2.24, 2.45) is 0 Å². The van der Waals surface area contributed by atoms with E-state index in [1.54, 1.807) is 0 Å². The molecule has 2 heterocycles. The average Bonchev–Trinajstić information content (AvgIpc) is 2.94. The molecule has 1 unspecified atom stereocenters. The Morgan fingerprint density at radius 2 is 1.77 bits per heavy atom. The van der Waals surface area contributed by atoms with Crippen LogP contribution in [-0.2, 0) is 0 Å². The zero-order valence-electron chi connectivity index (χ0n) is 13.3. The van der Waals surface area contributed by atoms with Gasteiger partial charge in [-0.2, -0.15) is 0 Å². The number of aryl methyl sites for hydroxylation is 1. The van der Waals surface area contributed by atoms with Gasteiger partial charge in [-0.25, -0.2) is 0 Å². The van der Waals surface area contributed by atoms with E-state index in [1.165, 1.54) is 31.3 Å². The number of dihydropyridines is 1. The largest absolute Gasteiger partial charge is 0.381 e. The average molecular weight is 307 g/mol. The van der Waals surface area contributed by atoms with E-state index in [4.69, 9.17) is 0 Å². The highest BCUT2D eigenvalue weighted by atomic mass is 32.1. The fourth-order valence-electron chi connectivity index (χ4n) is 2.86. The van der Waals surface area contributed by atoms with E-state index >= 15 is 0 Å². The number of hydrogen-bond donors (Lipinski definition) is 1. The summed E-state index contributed by atoms with van der Waals surface area (Å²) in [4.78, 5) is 0. The highest BCUT2D eigenvalue weighted by Crippen LogP contribution is 2.36.